The number of anilines is 2. The number of carbonyl (C=O) groups is 4. The van der Waals surface area contributed by atoms with Crippen LogP contribution in [-0.2, 0) is 74.4 Å². The number of aliphatic hydroxyl groups is 1. The average molecular weight is 1550 g/mol. The lowest BCUT2D eigenvalue weighted by atomic mass is 10.1. The summed E-state index contributed by atoms with van der Waals surface area (Å²) in [5, 5.41) is 13.8. The summed E-state index contributed by atoms with van der Waals surface area (Å²) in [5.74, 6) is -23.8. The van der Waals surface area contributed by atoms with Crippen molar-refractivity contribution in [2.75, 3.05) is 24.7 Å². The number of nitrogens with two attached hydrogens (primary N) is 2. The van der Waals surface area contributed by atoms with Crippen molar-refractivity contribution < 1.29 is 129 Å². The highest BCUT2D eigenvalue weighted by Gasteiger charge is 2.64. The number of nitrogens with zero attached hydrogens (tertiary/aromatic N) is 4. The fourth-order valence-corrected chi connectivity index (χ4v) is 12.1. The fraction of sp³-hybridized carbons (Fsp3) is 0.364. The van der Waals surface area contributed by atoms with Gasteiger partial charge in [-0.05, 0) is 103 Å². The minimum Gasteiger partial charge on any atom is -0.460 e. The van der Waals surface area contributed by atoms with Crippen molar-refractivity contribution >= 4 is 51.4 Å². The zero-order valence-corrected chi connectivity index (χ0v) is 58.9. The van der Waals surface area contributed by atoms with E-state index in [0.717, 1.165) is 24.5 Å². The van der Waals surface area contributed by atoms with Crippen molar-refractivity contribution in [1.29, 1.82) is 0 Å². The molecule has 0 saturated carbocycles. The van der Waals surface area contributed by atoms with E-state index in [-0.39, 0.29) is 36.3 Å². The van der Waals surface area contributed by atoms with E-state index in [1.165, 1.54) is 91.8 Å². The Hall–Kier alpha value is -10.1. The van der Waals surface area contributed by atoms with E-state index in [2.05, 4.69) is 29.4 Å². The number of hydrogen-bond acceptors (Lipinski definition) is 25. The number of aliphatic hydroxyl groups excluding tert-OH is 1. The number of rotatable bonds is 24. The SMILES string of the molecule is CC(C)(C)OC(=O)O[C@@H]1[C@@H](CO)O[C@@H](n2ccc(N)nc2=O)C1(F)F.C[C@H](N[P@](=O)(OC[C@H]1O[C@@H](n2ccc(N)nc2=O)C(F)(F)[C@@H]1OC(=O)OC(C)(C)C)Oc1ccccc1)C(=O)OCc1ccccc1.C[C@H](N[P@](=O)(Oc1ccccc1)Oc1c(F)c(F)c(F)c(F)c1F)C(=O)OCc1ccccc1. The van der Waals surface area contributed by atoms with Gasteiger partial charge in [0.2, 0.25) is 59.5 Å². The summed E-state index contributed by atoms with van der Waals surface area (Å²) in [7, 11) is -9.55. The number of esters is 2. The molecule has 2 saturated heterocycles. The summed E-state index contributed by atoms with van der Waals surface area (Å²) in [6.07, 6.45) is -13.3. The van der Waals surface area contributed by atoms with Crippen molar-refractivity contribution in [3.8, 4) is 17.2 Å². The average Bonchev–Trinajstić information content (AvgIpc) is 1.56. The molecule has 7 aromatic rings. The van der Waals surface area contributed by atoms with E-state index in [1.54, 1.807) is 84.9 Å². The molecule has 106 heavy (non-hydrogen) atoms. The summed E-state index contributed by atoms with van der Waals surface area (Å²) < 4.78 is 220. The lowest BCUT2D eigenvalue weighted by molar-refractivity contribution is -0.149. The van der Waals surface area contributed by atoms with Crippen molar-refractivity contribution in [2.45, 2.75) is 141 Å². The third kappa shape index (κ3) is 22.7. The zero-order valence-electron chi connectivity index (χ0n) is 57.2. The monoisotopic (exact) mass is 1540 g/mol. The molecule has 0 amide bonds. The third-order valence-electron chi connectivity index (χ3n) is 13.9. The molecule has 0 radical (unpaired) electrons. The molecule has 574 valence electrons. The third-order valence-corrected chi connectivity index (χ3v) is 17.1. The molecule has 2 aromatic heterocycles. The molecule has 9 rings (SSSR count). The Morgan fingerprint density at radius 1 is 0.547 bits per heavy atom. The number of nitrogen functional groups attached to an aromatic ring is 2. The number of halogens is 9. The van der Waals surface area contributed by atoms with Crippen LogP contribution in [0.3, 0.4) is 0 Å². The van der Waals surface area contributed by atoms with Gasteiger partial charge >= 0.3 is 63.0 Å². The first-order valence-electron chi connectivity index (χ1n) is 31.3. The molecule has 5 aromatic carbocycles. The second-order valence-corrected chi connectivity index (χ2v) is 28.0. The predicted molar refractivity (Wildman–Crippen MR) is 353 cm³/mol. The van der Waals surface area contributed by atoms with Gasteiger partial charge in [0.25, 0.3) is 0 Å². The quantitative estimate of drug-likeness (QED) is 0.00937. The van der Waals surface area contributed by atoms with Crippen LogP contribution in [0.5, 0.6) is 17.2 Å². The van der Waals surface area contributed by atoms with Crippen LogP contribution in [-0.4, -0.2) is 121 Å². The van der Waals surface area contributed by atoms with Crippen LogP contribution in [0.25, 0.3) is 0 Å². The predicted octanol–water partition coefficient (Wildman–Crippen LogP) is 10.9. The number of ether oxygens (including phenoxy) is 8. The molecule has 2 fully saturated rings. The number of aromatic nitrogens is 4. The maximum atomic E-state index is 15.9. The summed E-state index contributed by atoms with van der Waals surface area (Å²) >= 11 is 0. The van der Waals surface area contributed by atoms with E-state index >= 15 is 8.78 Å². The van der Waals surface area contributed by atoms with E-state index in [1.807, 2.05) is 0 Å². The summed E-state index contributed by atoms with van der Waals surface area (Å²) in [6.45, 7) is 9.56. The van der Waals surface area contributed by atoms with E-state index in [0.29, 0.717) is 20.3 Å². The van der Waals surface area contributed by atoms with Crippen LogP contribution in [0.2, 0.25) is 0 Å². The van der Waals surface area contributed by atoms with Crippen molar-refractivity contribution in [2.24, 2.45) is 0 Å². The second-order valence-electron chi connectivity index (χ2n) is 24.7. The smallest absolute Gasteiger partial charge is 0.460 e. The maximum absolute atomic E-state index is 15.9. The second kappa shape index (κ2) is 35.3. The number of benzene rings is 5. The zero-order chi connectivity index (χ0) is 78.3. The Morgan fingerprint density at radius 2 is 0.896 bits per heavy atom. The number of alkyl halides is 4. The van der Waals surface area contributed by atoms with Crippen molar-refractivity contribution in [3.05, 3.63) is 207 Å². The van der Waals surface area contributed by atoms with Crippen LogP contribution >= 0.6 is 15.5 Å². The van der Waals surface area contributed by atoms with Gasteiger partial charge in [-0.3, -0.25) is 23.2 Å². The van der Waals surface area contributed by atoms with Crippen LogP contribution in [0, 0.1) is 29.1 Å². The van der Waals surface area contributed by atoms with Gasteiger partial charge in [-0.2, -0.15) is 46.5 Å². The van der Waals surface area contributed by atoms with Gasteiger partial charge in [0.15, 0.2) is 0 Å². The van der Waals surface area contributed by atoms with E-state index in [4.69, 9.17) is 58.2 Å². The molecular formula is C66H71F9N8O21P2. The Kier molecular flexibility index (Phi) is 27.7. The Morgan fingerprint density at radius 3 is 1.27 bits per heavy atom. The molecule has 40 heteroatoms. The van der Waals surface area contributed by atoms with E-state index < -0.39 is 171 Å². The van der Waals surface area contributed by atoms with Crippen LogP contribution in [0.4, 0.5) is 60.7 Å². The molecular weight excluding hydrogens is 1470 g/mol. The lowest BCUT2D eigenvalue weighted by Gasteiger charge is -2.27. The molecule has 0 bridgehead atoms. The first-order valence-corrected chi connectivity index (χ1v) is 34.4. The van der Waals surface area contributed by atoms with Crippen LogP contribution < -0.4 is 46.6 Å². The van der Waals surface area contributed by atoms with Gasteiger partial charge in [0, 0.05) is 12.4 Å². The highest BCUT2D eigenvalue weighted by Crippen LogP contribution is 2.51. The molecule has 2 aliphatic heterocycles. The largest absolute Gasteiger partial charge is 0.513 e. The van der Waals surface area contributed by atoms with E-state index in [9.17, 15) is 73.7 Å². The highest BCUT2D eigenvalue weighted by molar-refractivity contribution is 7.52. The lowest BCUT2D eigenvalue weighted by Crippen LogP contribution is -2.45. The first-order chi connectivity index (χ1) is 49.6. The first kappa shape index (κ1) is 83.2. The number of para-hydroxylation sites is 2. The van der Waals surface area contributed by atoms with Gasteiger partial charge in [-0.25, -0.2) is 41.5 Å². The standard InChI is InChI=1S/C30H35F2N4O10P.C22H17F5NO5P.C14H19F2N3O6/c1-19(25(37)41-17-20-11-7-5-8-12-20)35-47(40,46-21-13-9-6-10-14-21)42-18-22-24(44-28(39)45-29(2,3)4)30(31,32)26(43-22)36-16-15-23(33)34-27(36)38;1-13(22(29)31-12-14-8-4-2-5-9-14)28-34(30,32-15-10-6-3-7-11-15)33-21-19(26)17(24)16(23)18(25)20(21)27;1-13(2,3)25-12(22)24-9-7(6-20)23-10(14(9,15)16)19-5-4-8(17)18-11(19)21/h5-16,19,22,24,26H,17-18H2,1-4H3,(H,35,40)(H2,33,34,38);2-11,13H,12H2,1H3,(H,28,30);4-5,7,9-10,20H,6H2,1-3H3,(H2,17,18,21)/t19-,22+,24+,26+,47-;13-,34-;7-,9-,10-/m001/s1. The topological polar surface area (TPSA) is 379 Å². The van der Waals surface area contributed by atoms with Gasteiger partial charge in [0.05, 0.1) is 13.2 Å². The highest BCUT2D eigenvalue weighted by atomic mass is 31.2. The molecule has 0 aliphatic carbocycles. The molecule has 29 nitrogen and oxygen atoms in total. The number of nitrogens with one attached hydrogen (secondary N) is 2. The minimum absolute atomic E-state index is 0.0461. The van der Waals surface area contributed by atoms with Gasteiger partial charge in [0.1, 0.15) is 71.8 Å². The molecule has 0 unspecified atom stereocenters. The number of carbonyl (C=O) groups excluding carboxylic acids is 4. The summed E-state index contributed by atoms with van der Waals surface area (Å²) in [5.41, 5.74) is 7.85. The fourth-order valence-electron chi connectivity index (χ4n) is 9.12. The van der Waals surface area contributed by atoms with Gasteiger partial charge < -0.3 is 68.0 Å². The van der Waals surface area contributed by atoms with Gasteiger partial charge in [-0.1, -0.05) is 97.1 Å². The molecule has 2 aliphatic rings. The van der Waals surface area contributed by atoms with Crippen LogP contribution in [0.1, 0.15) is 79.0 Å². The Labute approximate surface area is 597 Å². The van der Waals surface area contributed by atoms with Crippen molar-refractivity contribution in [3.63, 3.8) is 0 Å². The van der Waals surface area contributed by atoms with Gasteiger partial charge in [-0.15, -0.1) is 0 Å². The molecule has 0 spiro atoms. The molecule has 4 heterocycles. The minimum atomic E-state index is -4.96. The van der Waals surface area contributed by atoms with Crippen molar-refractivity contribution in [1.82, 2.24) is 29.3 Å². The molecule has 7 N–H and O–H groups in total. The maximum Gasteiger partial charge on any atom is 0.513 e. The normalized spacial score (nSPS) is 19.6. The number of hydrogen-bond donors (Lipinski definition) is 5. The Bertz CT molecular complexity index is 4380. The summed E-state index contributed by atoms with van der Waals surface area (Å²) in [6, 6.07) is 31.6. The molecule has 10 atom stereocenters. The summed E-state index contributed by atoms with van der Waals surface area (Å²) in [4.78, 5) is 80.4. The van der Waals surface area contributed by atoms with Crippen LogP contribution in [0.15, 0.2) is 155 Å². The Balaban J connectivity index is 0.000000234.